The van der Waals surface area contributed by atoms with Gasteiger partial charge in [0.15, 0.2) is 11.4 Å². The molecule has 0 fully saturated rings. The van der Waals surface area contributed by atoms with Crippen LogP contribution in [0.2, 0.25) is 0 Å². The number of allylic oxidation sites excluding steroid dienone is 3. The molecule has 0 aliphatic heterocycles. The lowest BCUT2D eigenvalue weighted by molar-refractivity contribution is 0.101. The maximum absolute atomic E-state index is 14.3. The second-order valence-corrected chi connectivity index (χ2v) is 9.64. The van der Waals surface area contributed by atoms with Gasteiger partial charge in [-0.1, -0.05) is 53.5 Å². The zero-order valence-electron chi connectivity index (χ0n) is 21.7. The molecule has 1 heterocycles. The highest BCUT2D eigenvalue weighted by Gasteiger charge is 2.29. The van der Waals surface area contributed by atoms with E-state index in [0.717, 1.165) is 62.8 Å². The highest BCUT2D eigenvalue weighted by Crippen LogP contribution is 2.38. The minimum absolute atomic E-state index is 0.0294. The minimum atomic E-state index is -0.346. The Balaban J connectivity index is 0.000000242. The van der Waals surface area contributed by atoms with E-state index in [1.54, 1.807) is 22.8 Å². The van der Waals surface area contributed by atoms with Gasteiger partial charge < -0.3 is 9.32 Å². The maximum atomic E-state index is 14.3. The van der Waals surface area contributed by atoms with Crippen molar-refractivity contribution >= 4 is 16.9 Å². The van der Waals surface area contributed by atoms with Crippen LogP contribution < -0.4 is 5.76 Å². The fourth-order valence-electron chi connectivity index (χ4n) is 4.13. The zero-order chi connectivity index (χ0) is 25.3. The number of halogens is 1. The second kappa shape index (κ2) is 12.7. The molecule has 0 saturated carbocycles. The van der Waals surface area contributed by atoms with E-state index in [4.69, 9.17) is 4.42 Å². The average molecular weight is 473 g/mol. The molecular weight excluding hydrogens is 431 g/mol. The monoisotopic (exact) mass is 472 g/mol. The Labute approximate surface area is 203 Å². The molecule has 0 N–H and O–H groups in total. The SMILES string of the molecule is CCCCCn1c(=O)oc2cc(C(C)=O)ccc21.CCCN(CCC)C1=C(F)C(C)(C)CC=C1. The Hall–Kier alpha value is -2.63. The number of carbonyl (C=O) groups is 1. The number of unbranched alkanes of at least 4 members (excludes halogenated alkanes) is 2. The average Bonchev–Trinajstić information content (AvgIpc) is 3.10. The van der Waals surface area contributed by atoms with Gasteiger partial charge >= 0.3 is 5.76 Å². The minimum Gasteiger partial charge on any atom is -0.408 e. The number of oxazole rings is 1. The lowest BCUT2D eigenvalue weighted by Crippen LogP contribution is -2.29. The largest absolute Gasteiger partial charge is 0.419 e. The molecule has 5 nitrogen and oxygen atoms in total. The van der Waals surface area contributed by atoms with Crippen LogP contribution in [-0.2, 0) is 6.54 Å². The van der Waals surface area contributed by atoms with Crippen molar-refractivity contribution in [2.24, 2.45) is 5.41 Å². The first kappa shape index (κ1) is 27.6. The first-order valence-electron chi connectivity index (χ1n) is 12.6. The summed E-state index contributed by atoms with van der Waals surface area (Å²) in [5.74, 6) is -0.322. The fourth-order valence-corrected chi connectivity index (χ4v) is 4.13. The summed E-state index contributed by atoms with van der Waals surface area (Å²) in [4.78, 5) is 25.2. The highest BCUT2D eigenvalue weighted by atomic mass is 19.1. The Kier molecular flexibility index (Phi) is 10.3. The molecule has 3 rings (SSSR count). The van der Waals surface area contributed by atoms with Crippen molar-refractivity contribution in [2.75, 3.05) is 13.1 Å². The van der Waals surface area contributed by atoms with E-state index in [-0.39, 0.29) is 22.8 Å². The number of aryl methyl sites for hydroxylation is 1. The predicted octanol–water partition coefficient (Wildman–Crippen LogP) is 7.26. The Morgan fingerprint density at radius 2 is 1.79 bits per heavy atom. The third kappa shape index (κ3) is 6.94. The normalized spacial score (nSPS) is 14.8. The van der Waals surface area contributed by atoms with Crippen LogP contribution in [0.1, 0.15) is 90.4 Å². The highest BCUT2D eigenvalue weighted by molar-refractivity contribution is 5.96. The van der Waals surface area contributed by atoms with E-state index in [2.05, 4.69) is 31.7 Å². The van der Waals surface area contributed by atoms with Crippen molar-refractivity contribution in [3.05, 3.63) is 58.0 Å². The molecule has 0 spiro atoms. The quantitative estimate of drug-likeness (QED) is 0.270. The van der Waals surface area contributed by atoms with Gasteiger partial charge in [-0.25, -0.2) is 9.18 Å². The first-order chi connectivity index (χ1) is 16.2. The number of nitrogens with zero attached hydrogens (tertiary/aromatic N) is 2. The van der Waals surface area contributed by atoms with Crippen molar-refractivity contribution in [3.8, 4) is 0 Å². The van der Waals surface area contributed by atoms with Crippen LogP contribution in [0.25, 0.3) is 11.1 Å². The summed E-state index contributed by atoms with van der Waals surface area (Å²) in [6.45, 7) is 14.4. The molecule has 1 aliphatic rings. The molecule has 188 valence electrons. The Morgan fingerprint density at radius 3 is 2.38 bits per heavy atom. The molecule has 0 radical (unpaired) electrons. The number of fused-ring (bicyclic) bond motifs is 1. The summed E-state index contributed by atoms with van der Waals surface area (Å²) >= 11 is 0. The van der Waals surface area contributed by atoms with Gasteiger partial charge in [-0.05, 0) is 56.9 Å². The third-order valence-electron chi connectivity index (χ3n) is 6.11. The summed E-state index contributed by atoms with van der Waals surface area (Å²) in [5.41, 5.74) is 2.30. The van der Waals surface area contributed by atoms with Gasteiger partial charge in [0.2, 0.25) is 0 Å². The molecule has 0 atom stereocenters. The van der Waals surface area contributed by atoms with Crippen molar-refractivity contribution in [3.63, 3.8) is 0 Å². The van der Waals surface area contributed by atoms with Crippen molar-refractivity contribution in [2.45, 2.75) is 86.6 Å². The lowest BCUT2D eigenvalue weighted by Gasteiger charge is -2.33. The molecule has 0 amide bonds. The van der Waals surface area contributed by atoms with E-state index < -0.39 is 0 Å². The van der Waals surface area contributed by atoms with Crippen LogP contribution in [-0.4, -0.2) is 28.3 Å². The van der Waals surface area contributed by atoms with E-state index in [1.807, 2.05) is 19.9 Å². The molecule has 2 aromatic rings. The Morgan fingerprint density at radius 1 is 1.12 bits per heavy atom. The van der Waals surface area contributed by atoms with Gasteiger partial charge in [-0.2, -0.15) is 0 Å². The van der Waals surface area contributed by atoms with Gasteiger partial charge in [-0.15, -0.1) is 0 Å². The lowest BCUT2D eigenvalue weighted by atomic mass is 9.83. The molecule has 1 aromatic carbocycles. The molecule has 0 unspecified atom stereocenters. The summed E-state index contributed by atoms with van der Waals surface area (Å²) in [6.07, 6.45) is 10.1. The number of aromatic nitrogens is 1. The van der Waals surface area contributed by atoms with Crippen molar-refractivity contribution in [1.29, 1.82) is 0 Å². The van der Waals surface area contributed by atoms with E-state index in [9.17, 15) is 14.0 Å². The molecular formula is C28H41FN2O3. The number of rotatable bonds is 10. The smallest absolute Gasteiger partial charge is 0.408 e. The van der Waals surface area contributed by atoms with Gasteiger partial charge in [0.25, 0.3) is 0 Å². The van der Waals surface area contributed by atoms with Gasteiger partial charge in [-0.3, -0.25) is 9.36 Å². The molecule has 6 heteroatoms. The van der Waals surface area contributed by atoms with Gasteiger partial charge in [0, 0.05) is 30.6 Å². The third-order valence-corrected chi connectivity index (χ3v) is 6.11. The molecule has 0 bridgehead atoms. The van der Waals surface area contributed by atoms with Crippen LogP contribution in [0.15, 0.2) is 51.1 Å². The number of ketones is 1. The number of hydrogen-bond donors (Lipinski definition) is 0. The van der Waals surface area contributed by atoms with Crippen LogP contribution in [0.4, 0.5) is 4.39 Å². The molecule has 1 aromatic heterocycles. The number of benzene rings is 1. The molecule has 0 saturated heterocycles. The van der Waals surface area contributed by atoms with Crippen LogP contribution >= 0.6 is 0 Å². The standard InChI is InChI=1S/C14H24FN.C14H17NO3/c1-5-10-16(11-6-2)12-8-7-9-14(3,4)13(12)15;1-3-4-5-8-15-12-7-6-11(10(2)16)9-13(12)18-14(15)17/h7-8H,5-6,9-11H2,1-4H3;6-7,9H,3-5,8H2,1-2H3. The van der Waals surface area contributed by atoms with Crippen molar-refractivity contribution < 1.29 is 13.6 Å². The number of hydrogen-bond acceptors (Lipinski definition) is 4. The van der Waals surface area contributed by atoms with Crippen LogP contribution in [0.3, 0.4) is 0 Å². The van der Waals surface area contributed by atoms with Gasteiger partial charge in [0.1, 0.15) is 5.83 Å². The van der Waals surface area contributed by atoms with Crippen LogP contribution in [0, 0.1) is 5.41 Å². The molecule has 34 heavy (non-hydrogen) atoms. The maximum Gasteiger partial charge on any atom is 0.419 e. The Bertz CT molecular complexity index is 1070. The topological polar surface area (TPSA) is 55.5 Å². The summed E-state index contributed by atoms with van der Waals surface area (Å²) in [6, 6.07) is 5.15. The van der Waals surface area contributed by atoms with E-state index in [0.29, 0.717) is 17.7 Å². The van der Waals surface area contributed by atoms with E-state index in [1.165, 1.54) is 6.92 Å². The first-order valence-corrected chi connectivity index (χ1v) is 12.6. The number of Topliss-reactive ketones (excluding diaryl/α,β-unsaturated/α-hetero) is 1. The second-order valence-electron chi connectivity index (χ2n) is 9.64. The van der Waals surface area contributed by atoms with Crippen LogP contribution in [0.5, 0.6) is 0 Å². The summed E-state index contributed by atoms with van der Waals surface area (Å²) in [5, 5.41) is 0. The van der Waals surface area contributed by atoms with Crippen molar-refractivity contribution in [1.82, 2.24) is 9.47 Å². The molecule has 1 aliphatic carbocycles. The van der Waals surface area contributed by atoms with E-state index >= 15 is 0 Å². The summed E-state index contributed by atoms with van der Waals surface area (Å²) in [7, 11) is 0. The fraction of sp³-hybridized carbons (Fsp3) is 0.571. The number of carbonyl (C=O) groups excluding carboxylic acids is 1. The van der Waals surface area contributed by atoms with Gasteiger partial charge in [0.05, 0.1) is 11.2 Å². The predicted molar refractivity (Wildman–Crippen MR) is 138 cm³/mol. The zero-order valence-corrected chi connectivity index (χ0v) is 21.7. The summed E-state index contributed by atoms with van der Waals surface area (Å²) < 4.78 is 21.1.